The van der Waals surface area contributed by atoms with Gasteiger partial charge in [-0.2, -0.15) is 0 Å². The van der Waals surface area contributed by atoms with Crippen LogP contribution in [0.1, 0.15) is 0 Å². The van der Waals surface area contributed by atoms with E-state index < -0.39 is 0 Å². The Kier molecular flexibility index (Phi) is 3.59. The van der Waals surface area contributed by atoms with Gasteiger partial charge in [0, 0.05) is 5.69 Å². The van der Waals surface area contributed by atoms with E-state index in [1.54, 1.807) is 0 Å². The molecule has 0 radical (unpaired) electrons. The average Bonchev–Trinajstić information content (AvgIpc) is 2.30. The third-order valence-electron chi connectivity index (χ3n) is 2.68. The lowest BCUT2D eigenvalue weighted by atomic mass is 10.2. The van der Waals surface area contributed by atoms with E-state index in [2.05, 4.69) is 59.0 Å². The van der Waals surface area contributed by atoms with Crippen LogP contribution in [0.5, 0.6) is 0 Å². The smallest absolute Gasteiger partial charge is 0.263 e. The van der Waals surface area contributed by atoms with Gasteiger partial charge >= 0.3 is 0 Å². The lowest BCUT2D eigenvalue weighted by molar-refractivity contribution is -0.524. The van der Waals surface area contributed by atoms with Crippen molar-refractivity contribution in [2.45, 2.75) is 0 Å². The van der Waals surface area contributed by atoms with E-state index >= 15 is 0 Å². The zero-order chi connectivity index (χ0) is 10.7. The Morgan fingerprint density at radius 2 is 1.67 bits per heavy atom. The van der Waals surface area contributed by atoms with E-state index in [0.29, 0.717) is 0 Å². The molecule has 0 atom stereocenters. The molecule has 0 saturated carbocycles. The van der Waals surface area contributed by atoms with Crippen molar-refractivity contribution in [3.63, 3.8) is 0 Å². The molecule has 2 rings (SSSR count). The zero-order valence-electron chi connectivity index (χ0n) is 8.50. The van der Waals surface area contributed by atoms with Gasteiger partial charge in [-0.15, -0.1) is 0 Å². The Bertz CT molecular complexity index is 348. The van der Waals surface area contributed by atoms with Crippen molar-refractivity contribution in [3.05, 3.63) is 30.3 Å². The van der Waals surface area contributed by atoms with Crippen LogP contribution in [0, 0.1) is 0 Å². The number of benzene rings is 1. The number of hydrogen-bond acceptors (Lipinski definition) is 1. The van der Waals surface area contributed by atoms with Crippen molar-refractivity contribution in [1.82, 2.24) is 0 Å². The first kappa shape index (κ1) is 10.9. The predicted octanol–water partition coefficient (Wildman–Crippen LogP) is 1.73. The summed E-state index contributed by atoms with van der Waals surface area (Å²) in [6.07, 6.45) is 0. The molecule has 0 amide bonds. The number of nitrogens with zero attached hydrogens (tertiary/aromatic N) is 2. The highest BCUT2D eigenvalue weighted by Crippen LogP contribution is 2.14. The molecule has 1 aromatic carbocycles. The molecule has 0 unspecified atom stereocenters. The molecule has 0 N–H and O–H groups in total. The predicted molar refractivity (Wildman–Crippen MR) is 71.6 cm³/mol. The lowest BCUT2D eigenvalue weighted by Crippen LogP contribution is -2.42. The minimum atomic E-state index is 0.822. The van der Waals surface area contributed by atoms with Crippen molar-refractivity contribution in [2.24, 2.45) is 0 Å². The number of thiol groups is 2. The van der Waals surface area contributed by atoms with Crippen molar-refractivity contribution < 1.29 is 4.58 Å². The van der Waals surface area contributed by atoms with E-state index in [4.69, 9.17) is 0 Å². The molecule has 1 aliphatic rings. The van der Waals surface area contributed by atoms with E-state index in [0.717, 1.165) is 30.6 Å². The molecular formula is C11H15N2S2+. The van der Waals surface area contributed by atoms with Crippen LogP contribution in [-0.4, -0.2) is 35.1 Å². The second-order valence-electron chi connectivity index (χ2n) is 3.61. The summed E-state index contributed by atoms with van der Waals surface area (Å²) in [6.45, 7) is 4.07. The van der Waals surface area contributed by atoms with Gasteiger partial charge < -0.3 is 4.90 Å². The van der Waals surface area contributed by atoms with Gasteiger partial charge in [-0.25, -0.2) is 4.58 Å². The minimum absolute atomic E-state index is 0.822. The van der Waals surface area contributed by atoms with Crippen LogP contribution in [0.4, 0.5) is 5.69 Å². The quantitative estimate of drug-likeness (QED) is 0.430. The van der Waals surface area contributed by atoms with Crippen molar-refractivity contribution in [2.75, 3.05) is 31.1 Å². The molecule has 0 aromatic heterocycles. The van der Waals surface area contributed by atoms with Gasteiger partial charge in [0.25, 0.3) is 4.38 Å². The number of rotatable bonds is 1. The lowest BCUT2D eigenvalue weighted by Gasteiger charge is -2.27. The summed E-state index contributed by atoms with van der Waals surface area (Å²) >= 11 is 8.49. The minimum Gasteiger partial charge on any atom is -0.359 e. The summed E-state index contributed by atoms with van der Waals surface area (Å²) in [4.78, 5) is 2.39. The summed E-state index contributed by atoms with van der Waals surface area (Å²) in [6, 6.07) is 10.5. The van der Waals surface area contributed by atoms with Crippen LogP contribution in [0.15, 0.2) is 30.3 Å². The molecule has 80 valence electrons. The Balaban J connectivity index is 2.03. The fourth-order valence-electron chi connectivity index (χ4n) is 1.80. The van der Waals surface area contributed by atoms with Gasteiger partial charge in [0.2, 0.25) is 0 Å². The fourth-order valence-corrected chi connectivity index (χ4v) is 2.20. The van der Waals surface area contributed by atoms with Gasteiger partial charge in [-0.05, 0) is 12.1 Å². The first-order valence-electron chi connectivity index (χ1n) is 5.07. The van der Waals surface area contributed by atoms with Crippen LogP contribution in [-0.2, 0) is 0 Å². The average molecular weight is 239 g/mol. The van der Waals surface area contributed by atoms with Crippen molar-refractivity contribution >= 4 is 35.3 Å². The van der Waals surface area contributed by atoms with E-state index in [1.807, 2.05) is 6.07 Å². The SMILES string of the molecule is SC(S)=[N+]1CCN(c2ccccc2)CC1. The number of para-hydroxylation sites is 1. The zero-order valence-corrected chi connectivity index (χ0v) is 10.3. The molecule has 4 heteroatoms. The summed E-state index contributed by atoms with van der Waals surface area (Å²) in [5, 5.41) is 0. The number of piperazine rings is 1. The molecule has 1 saturated heterocycles. The molecular weight excluding hydrogens is 224 g/mol. The molecule has 1 heterocycles. The van der Waals surface area contributed by atoms with E-state index in [1.165, 1.54) is 5.69 Å². The highest BCUT2D eigenvalue weighted by molar-refractivity contribution is 8.23. The Morgan fingerprint density at radius 3 is 2.20 bits per heavy atom. The number of anilines is 1. The van der Waals surface area contributed by atoms with Crippen molar-refractivity contribution in [3.8, 4) is 0 Å². The first-order chi connectivity index (χ1) is 7.27. The summed E-state index contributed by atoms with van der Waals surface area (Å²) in [5.41, 5.74) is 1.30. The highest BCUT2D eigenvalue weighted by atomic mass is 32.2. The summed E-state index contributed by atoms with van der Waals surface area (Å²) in [7, 11) is 0. The molecule has 0 spiro atoms. The maximum absolute atomic E-state index is 4.25. The van der Waals surface area contributed by atoms with Crippen LogP contribution in [0.25, 0.3) is 0 Å². The monoisotopic (exact) mass is 239 g/mol. The first-order valence-corrected chi connectivity index (χ1v) is 5.96. The van der Waals surface area contributed by atoms with E-state index in [9.17, 15) is 0 Å². The van der Waals surface area contributed by atoms with Crippen LogP contribution in [0.3, 0.4) is 0 Å². The molecule has 0 aliphatic carbocycles. The summed E-state index contributed by atoms with van der Waals surface area (Å²) < 4.78 is 3.01. The van der Waals surface area contributed by atoms with E-state index in [-0.39, 0.29) is 0 Å². The second-order valence-corrected chi connectivity index (χ2v) is 4.81. The third-order valence-corrected chi connectivity index (χ3v) is 3.25. The fraction of sp³-hybridized carbons (Fsp3) is 0.364. The third kappa shape index (κ3) is 2.69. The Labute approximate surface area is 101 Å². The van der Waals surface area contributed by atoms with Gasteiger partial charge in [0.05, 0.1) is 13.1 Å². The van der Waals surface area contributed by atoms with Gasteiger partial charge in [0.15, 0.2) is 13.1 Å². The topological polar surface area (TPSA) is 6.25 Å². The Hall–Kier alpha value is -0.610. The Morgan fingerprint density at radius 1 is 1.07 bits per heavy atom. The highest BCUT2D eigenvalue weighted by Gasteiger charge is 2.19. The largest absolute Gasteiger partial charge is 0.359 e. The molecule has 15 heavy (non-hydrogen) atoms. The number of hydrogen-bond donors (Lipinski definition) is 2. The van der Waals surface area contributed by atoms with Crippen molar-refractivity contribution in [1.29, 1.82) is 0 Å². The second kappa shape index (κ2) is 4.94. The molecule has 1 fully saturated rings. The molecule has 0 bridgehead atoms. The van der Waals surface area contributed by atoms with Gasteiger partial charge in [0.1, 0.15) is 0 Å². The standard InChI is InChI=1S/C11H14N2S2/c14-11(15)13-8-6-12(7-9-13)10-4-2-1-3-5-10/h1-5H,6-9H2,(H,14,15)/p+1. The molecule has 1 aliphatic heterocycles. The van der Waals surface area contributed by atoms with Crippen LogP contribution >= 0.6 is 25.3 Å². The maximum Gasteiger partial charge on any atom is 0.263 e. The molecule has 2 nitrogen and oxygen atoms in total. The normalized spacial score (nSPS) is 16.7. The van der Waals surface area contributed by atoms with Crippen LogP contribution in [0.2, 0.25) is 0 Å². The van der Waals surface area contributed by atoms with Crippen LogP contribution < -0.4 is 4.90 Å². The molecule has 1 aromatic rings. The van der Waals surface area contributed by atoms with Gasteiger partial charge in [-0.1, -0.05) is 43.5 Å². The van der Waals surface area contributed by atoms with Gasteiger partial charge in [-0.3, -0.25) is 0 Å². The summed E-state index contributed by atoms with van der Waals surface area (Å²) in [5.74, 6) is 0. The maximum atomic E-state index is 4.25.